The third-order valence-corrected chi connectivity index (χ3v) is 2.15. The molecule has 0 radical (unpaired) electrons. The molecular weight excluding hydrogens is 134 g/mol. The summed E-state index contributed by atoms with van der Waals surface area (Å²) in [6.45, 7) is 2.05. The first-order valence-corrected chi connectivity index (χ1v) is 4.52. The van der Waals surface area contributed by atoms with Gasteiger partial charge in [-0.1, -0.05) is 13.3 Å². The number of nitrogens with zero attached hydrogens (tertiary/aromatic N) is 1. The molecule has 0 fully saturated rings. The second-order valence-corrected chi connectivity index (χ2v) is 3.38. The zero-order valence-corrected chi connectivity index (χ0v) is 6.41. The summed E-state index contributed by atoms with van der Waals surface area (Å²) in [6.07, 6.45) is 2.02. The van der Waals surface area contributed by atoms with E-state index in [0.717, 1.165) is 12.8 Å². The first-order chi connectivity index (χ1) is 4.31. The molecule has 0 saturated carbocycles. The van der Waals surface area contributed by atoms with Crippen molar-refractivity contribution in [3.05, 3.63) is 0 Å². The fraction of sp³-hybridized carbons (Fsp3) is 0.833. The minimum absolute atomic E-state index is 0.194. The maximum absolute atomic E-state index is 10.7. The lowest BCUT2D eigenvalue weighted by molar-refractivity contribution is 0.682. The fourth-order valence-corrected chi connectivity index (χ4v) is 1.35. The van der Waals surface area contributed by atoms with E-state index in [-0.39, 0.29) is 5.75 Å². The van der Waals surface area contributed by atoms with Crippen LogP contribution in [0.3, 0.4) is 0 Å². The van der Waals surface area contributed by atoms with Crippen molar-refractivity contribution < 1.29 is 4.21 Å². The molecule has 0 bridgehead atoms. The van der Waals surface area contributed by atoms with Gasteiger partial charge in [-0.2, -0.15) is 5.26 Å². The van der Waals surface area contributed by atoms with Gasteiger partial charge in [0.25, 0.3) is 0 Å². The number of hydrogen-bond acceptors (Lipinski definition) is 2. The lowest BCUT2D eigenvalue weighted by Gasteiger charge is -1.91. The van der Waals surface area contributed by atoms with Crippen molar-refractivity contribution in [2.24, 2.45) is 0 Å². The topological polar surface area (TPSA) is 40.9 Å². The van der Waals surface area contributed by atoms with Gasteiger partial charge in [0.05, 0.1) is 6.07 Å². The number of hydrogen-bond donors (Lipinski definition) is 0. The van der Waals surface area contributed by atoms with E-state index in [0.29, 0.717) is 5.75 Å². The van der Waals surface area contributed by atoms with Crippen molar-refractivity contribution in [1.82, 2.24) is 0 Å². The highest BCUT2D eigenvalue weighted by Gasteiger charge is 1.94. The van der Waals surface area contributed by atoms with E-state index in [1.807, 2.05) is 13.0 Å². The van der Waals surface area contributed by atoms with Gasteiger partial charge in [-0.05, 0) is 6.42 Å². The molecule has 0 rings (SSSR count). The molecule has 52 valence electrons. The van der Waals surface area contributed by atoms with E-state index >= 15 is 0 Å². The van der Waals surface area contributed by atoms with E-state index in [1.165, 1.54) is 0 Å². The Labute approximate surface area is 58.3 Å². The monoisotopic (exact) mass is 145 g/mol. The molecule has 1 unspecified atom stereocenters. The quantitative estimate of drug-likeness (QED) is 0.593. The van der Waals surface area contributed by atoms with E-state index in [4.69, 9.17) is 5.26 Å². The molecule has 0 aromatic heterocycles. The van der Waals surface area contributed by atoms with Gasteiger partial charge in [-0.25, -0.2) is 0 Å². The van der Waals surface area contributed by atoms with Gasteiger partial charge in [0.2, 0.25) is 0 Å². The molecule has 2 nitrogen and oxygen atoms in total. The molecule has 0 aliphatic rings. The Bertz CT molecular complexity index is 128. The molecule has 0 heterocycles. The maximum atomic E-state index is 10.7. The van der Waals surface area contributed by atoms with Gasteiger partial charge in [-0.15, -0.1) is 0 Å². The standard InChI is InChI=1S/C6H11NOS/c1-2-3-5-9(8)6-4-7/h2-3,5-6H2,1H3. The summed E-state index contributed by atoms with van der Waals surface area (Å²) in [7, 11) is -0.881. The van der Waals surface area contributed by atoms with E-state index in [2.05, 4.69) is 0 Å². The number of unbranched alkanes of at least 4 members (excludes halogenated alkanes) is 1. The lowest BCUT2D eigenvalue weighted by atomic mass is 10.4. The molecule has 1 atom stereocenters. The summed E-state index contributed by atoms with van der Waals surface area (Å²) in [5, 5.41) is 8.09. The van der Waals surface area contributed by atoms with Gasteiger partial charge >= 0.3 is 0 Å². The molecule has 3 heteroatoms. The van der Waals surface area contributed by atoms with Crippen LogP contribution in [-0.2, 0) is 10.8 Å². The van der Waals surface area contributed by atoms with Gasteiger partial charge in [-0.3, -0.25) is 4.21 Å². The summed E-state index contributed by atoms with van der Waals surface area (Å²) in [5.41, 5.74) is 0. The first kappa shape index (κ1) is 8.64. The molecule has 9 heavy (non-hydrogen) atoms. The van der Waals surface area contributed by atoms with Crippen molar-refractivity contribution in [2.75, 3.05) is 11.5 Å². The molecular formula is C6H11NOS. The van der Waals surface area contributed by atoms with Crippen molar-refractivity contribution in [2.45, 2.75) is 19.8 Å². The Morgan fingerprint density at radius 3 is 2.78 bits per heavy atom. The molecule has 0 spiro atoms. The minimum Gasteiger partial charge on any atom is -0.259 e. The van der Waals surface area contributed by atoms with Gasteiger partial charge < -0.3 is 0 Å². The molecule has 0 saturated heterocycles. The Morgan fingerprint density at radius 2 is 2.33 bits per heavy atom. The van der Waals surface area contributed by atoms with Crippen molar-refractivity contribution >= 4 is 10.8 Å². The third kappa shape index (κ3) is 5.51. The molecule has 0 N–H and O–H groups in total. The number of nitriles is 1. The van der Waals surface area contributed by atoms with Crippen LogP contribution >= 0.6 is 0 Å². The zero-order valence-electron chi connectivity index (χ0n) is 5.59. The van der Waals surface area contributed by atoms with Crippen molar-refractivity contribution in [1.29, 1.82) is 5.26 Å². The van der Waals surface area contributed by atoms with Crippen LogP contribution < -0.4 is 0 Å². The average Bonchev–Trinajstić information content (AvgIpc) is 1.85. The molecule has 0 aliphatic carbocycles. The van der Waals surface area contributed by atoms with Crippen LogP contribution in [0, 0.1) is 11.3 Å². The van der Waals surface area contributed by atoms with Crippen LogP contribution in [0.5, 0.6) is 0 Å². The van der Waals surface area contributed by atoms with E-state index in [9.17, 15) is 4.21 Å². The smallest absolute Gasteiger partial charge is 0.111 e. The summed E-state index contributed by atoms with van der Waals surface area (Å²) < 4.78 is 10.7. The van der Waals surface area contributed by atoms with E-state index in [1.54, 1.807) is 0 Å². The average molecular weight is 145 g/mol. The Morgan fingerprint density at radius 1 is 1.67 bits per heavy atom. The van der Waals surface area contributed by atoms with Crippen LogP contribution in [0.1, 0.15) is 19.8 Å². The Kier molecular flexibility index (Phi) is 5.54. The summed E-state index contributed by atoms with van der Waals surface area (Å²) in [5.74, 6) is 0.879. The van der Waals surface area contributed by atoms with Gasteiger partial charge in [0, 0.05) is 16.6 Å². The van der Waals surface area contributed by atoms with Crippen LogP contribution in [0.15, 0.2) is 0 Å². The number of rotatable bonds is 4. The predicted octanol–water partition coefficient (Wildman–Crippen LogP) is 1.06. The Balaban J connectivity index is 3.19. The Hall–Kier alpha value is -0.360. The normalized spacial score (nSPS) is 12.4. The second-order valence-electron chi connectivity index (χ2n) is 1.80. The van der Waals surface area contributed by atoms with Crippen LogP contribution in [-0.4, -0.2) is 15.7 Å². The van der Waals surface area contributed by atoms with Gasteiger partial charge in [0.1, 0.15) is 5.75 Å². The summed E-state index contributed by atoms with van der Waals surface area (Å²) in [6, 6.07) is 1.88. The predicted molar refractivity (Wildman–Crippen MR) is 38.4 cm³/mol. The SMILES string of the molecule is CCCCS(=O)CC#N. The highest BCUT2D eigenvalue weighted by atomic mass is 32.2. The molecule has 0 aliphatic heterocycles. The van der Waals surface area contributed by atoms with Crippen molar-refractivity contribution in [3.63, 3.8) is 0 Å². The highest BCUT2D eigenvalue weighted by molar-refractivity contribution is 7.85. The van der Waals surface area contributed by atoms with Crippen LogP contribution in [0.4, 0.5) is 0 Å². The van der Waals surface area contributed by atoms with Crippen LogP contribution in [0.25, 0.3) is 0 Å². The van der Waals surface area contributed by atoms with E-state index < -0.39 is 10.8 Å². The molecule has 0 amide bonds. The molecule has 0 aromatic rings. The largest absolute Gasteiger partial charge is 0.259 e. The maximum Gasteiger partial charge on any atom is 0.111 e. The lowest BCUT2D eigenvalue weighted by Crippen LogP contribution is -1.99. The zero-order chi connectivity index (χ0) is 7.11. The highest BCUT2D eigenvalue weighted by Crippen LogP contribution is 1.90. The first-order valence-electron chi connectivity index (χ1n) is 3.03. The third-order valence-electron chi connectivity index (χ3n) is 0.951. The summed E-state index contributed by atoms with van der Waals surface area (Å²) in [4.78, 5) is 0. The van der Waals surface area contributed by atoms with Crippen molar-refractivity contribution in [3.8, 4) is 6.07 Å². The van der Waals surface area contributed by atoms with Gasteiger partial charge in [0.15, 0.2) is 0 Å². The minimum atomic E-state index is -0.881. The van der Waals surface area contributed by atoms with Crippen LogP contribution in [0.2, 0.25) is 0 Å². The molecule has 0 aromatic carbocycles. The summed E-state index contributed by atoms with van der Waals surface area (Å²) >= 11 is 0. The second kappa shape index (κ2) is 5.77. The fourth-order valence-electron chi connectivity index (χ4n) is 0.449.